The predicted molar refractivity (Wildman–Crippen MR) is 114 cm³/mol. The van der Waals surface area contributed by atoms with E-state index in [0.717, 1.165) is 45.0 Å². The van der Waals surface area contributed by atoms with Crippen molar-refractivity contribution in [2.24, 2.45) is 4.99 Å². The molecule has 0 spiro atoms. The van der Waals surface area contributed by atoms with E-state index in [9.17, 15) is 4.79 Å². The SMILES string of the molecule is CCNC(=NCC(C)c1ccsc1)NC1CCN(C(=O)OC)CC1.I. The maximum absolute atomic E-state index is 11.5. The number of thiophene rings is 1. The van der Waals surface area contributed by atoms with Crippen molar-refractivity contribution in [3.63, 3.8) is 0 Å². The number of carbonyl (C=O) groups excluding carboxylic acids is 1. The van der Waals surface area contributed by atoms with Crippen LogP contribution in [0.1, 0.15) is 38.2 Å². The van der Waals surface area contributed by atoms with Crippen molar-refractivity contribution >= 4 is 47.4 Å². The average Bonchev–Trinajstić information content (AvgIpc) is 3.14. The van der Waals surface area contributed by atoms with Gasteiger partial charge in [-0.2, -0.15) is 11.3 Å². The van der Waals surface area contributed by atoms with Gasteiger partial charge in [0.2, 0.25) is 0 Å². The van der Waals surface area contributed by atoms with Gasteiger partial charge in [0.1, 0.15) is 0 Å². The summed E-state index contributed by atoms with van der Waals surface area (Å²) in [6.45, 7) is 7.29. The molecule has 0 aromatic carbocycles. The van der Waals surface area contributed by atoms with Crippen LogP contribution in [-0.4, -0.2) is 56.3 Å². The number of halogens is 1. The Kier molecular flexibility index (Phi) is 10.2. The maximum atomic E-state index is 11.5. The van der Waals surface area contributed by atoms with E-state index in [1.807, 2.05) is 0 Å². The van der Waals surface area contributed by atoms with Gasteiger partial charge in [0.15, 0.2) is 5.96 Å². The first-order valence-electron chi connectivity index (χ1n) is 8.53. The van der Waals surface area contributed by atoms with Gasteiger partial charge in [-0.1, -0.05) is 6.92 Å². The number of nitrogens with zero attached hydrogens (tertiary/aromatic N) is 2. The van der Waals surface area contributed by atoms with E-state index in [4.69, 9.17) is 9.73 Å². The summed E-state index contributed by atoms with van der Waals surface area (Å²) in [6, 6.07) is 2.49. The van der Waals surface area contributed by atoms with Gasteiger partial charge in [-0.25, -0.2) is 4.79 Å². The minimum atomic E-state index is -0.237. The first-order valence-corrected chi connectivity index (χ1v) is 9.48. The summed E-state index contributed by atoms with van der Waals surface area (Å²) in [7, 11) is 1.43. The lowest BCUT2D eigenvalue weighted by molar-refractivity contribution is 0.111. The predicted octanol–water partition coefficient (Wildman–Crippen LogP) is 3.26. The van der Waals surface area contributed by atoms with Crippen molar-refractivity contribution < 1.29 is 9.53 Å². The standard InChI is InChI=1S/C17H28N4O2S.HI/c1-4-18-16(19-11-13(2)14-7-10-24-12-14)20-15-5-8-21(9-6-15)17(22)23-3;/h7,10,12-13,15H,4-6,8-9,11H2,1-3H3,(H2,18,19,20);1H. The van der Waals surface area contributed by atoms with Crippen LogP contribution in [0.3, 0.4) is 0 Å². The summed E-state index contributed by atoms with van der Waals surface area (Å²) in [5, 5.41) is 11.1. The molecular formula is C17H29IN4O2S. The Morgan fingerprint density at radius 3 is 2.76 bits per heavy atom. The Morgan fingerprint density at radius 2 is 2.20 bits per heavy atom. The molecule has 0 radical (unpaired) electrons. The molecule has 1 saturated heterocycles. The largest absolute Gasteiger partial charge is 0.453 e. The van der Waals surface area contributed by atoms with Gasteiger partial charge in [-0.05, 0) is 42.2 Å². The number of likely N-dealkylation sites (tertiary alicyclic amines) is 1. The Morgan fingerprint density at radius 1 is 1.48 bits per heavy atom. The number of piperidine rings is 1. The normalized spacial score (nSPS) is 16.8. The average molecular weight is 480 g/mol. The molecule has 1 fully saturated rings. The van der Waals surface area contributed by atoms with Gasteiger partial charge in [0.25, 0.3) is 0 Å². The molecule has 2 heterocycles. The topological polar surface area (TPSA) is 66.0 Å². The number of nitrogens with one attached hydrogen (secondary N) is 2. The Hall–Kier alpha value is -1.03. The van der Waals surface area contributed by atoms with Crippen molar-refractivity contribution in [3.8, 4) is 0 Å². The van der Waals surface area contributed by atoms with Crippen molar-refractivity contribution in [1.82, 2.24) is 15.5 Å². The van der Waals surface area contributed by atoms with Gasteiger partial charge >= 0.3 is 6.09 Å². The number of aliphatic imine (C=N–C) groups is 1. The van der Waals surface area contributed by atoms with E-state index in [0.29, 0.717) is 12.0 Å². The number of rotatable bonds is 5. The van der Waals surface area contributed by atoms with Crippen molar-refractivity contribution in [1.29, 1.82) is 0 Å². The molecule has 8 heteroatoms. The summed E-state index contributed by atoms with van der Waals surface area (Å²) in [5.41, 5.74) is 1.34. The molecular weight excluding hydrogens is 451 g/mol. The number of hydrogen-bond acceptors (Lipinski definition) is 4. The van der Waals surface area contributed by atoms with Gasteiger partial charge in [-0.3, -0.25) is 4.99 Å². The third-order valence-corrected chi connectivity index (χ3v) is 4.95. The van der Waals surface area contributed by atoms with Gasteiger partial charge < -0.3 is 20.3 Å². The minimum Gasteiger partial charge on any atom is -0.453 e. The van der Waals surface area contributed by atoms with E-state index < -0.39 is 0 Å². The lowest BCUT2D eigenvalue weighted by Crippen LogP contribution is -2.49. The monoisotopic (exact) mass is 480 g/mol. The first kappa shape index (κ1) is 22.0. The van der Waals surface area contributed by atoms with Crippen molar-refractivity contribution in [2.75, 3.05) is 33.3 Å². The maximum Gasteiger partial charge on any atom is 0.409 e. The van der Waals surface area contributed by atoms with Gasteiger partial charge in [0, 0.05) is 38.1 Å². The highest BCUT2D eigenvalue weighted by Crippen LogP contribution is 2.18. The molecule has 142 valence electrons. The fraction of sp³-hybridized carbons (Fsp3) is 0.647. The van der Waals surface area contributed by atoms with Crippen LogP contribution in [0.2, 0.25) is 0 Å². The van der Waals surface area contributed by atoms with Crippen LogP contribution in [0, 0.1) is 0 Å². The van der Waals surface area contributed by atoms with Crippen LogP contribution >= 0.6 is 35.3 Å². The molecule has 1 aromatic rings. The Bertz CT molecular complexity index is 531. The van der Waals surface area contributed by atoms with E-state index in [1.165, 1.54) is 12.7 Å². The van der Waals surface area contributed by atoms with Crippen LogP contribution in [0.25, 0.3) is 0 Å². The molecule has 2 N–H and O–H groups in total. The molecule has 6 nitrogen and oxygen atoms in total. The van der Waals surface area contributed by atoms with E-state index >= 15 is 0 Å². The zero-order valence-electron chi connectivity index (χ0n) is 15.2. The molecule has 1 aliphatic rings. The number of hydrogen-bond donors (Lipinski definition) is 2. The quantitative estimate of drug-likeness (QED) is 0.386. The lowest BCUT2D eigenvalue weighted by atomic mass is 10.1. The number of guanidine groups is 1. The second-order valence-electron chi connectivity index (χ2n) is 6.05. The number of amides is 1. The third-order valence-electron chi connectivity index (χ3n) is 4.25. The molecule has 1 aromatic heterocycles. The third kappa shape index (κ3) is 7.01. The van der Waals surface area contributed by atoms with Crippen molar-refractivity contribution in [2.45, 2.75) is 38.6 Å². The summed E-state index contributed by atoms with van der Waals surface area (Å²) in [5.74, 6) is 1.27. The second kappa shape index (κ2) is 11.6. The minimum absolute atomic E-state index is 0. The van der Waals surface area contributed by atoms with E-state index in [1.54, 1.807) is 16.2 Å². The molecule has 0 bridgehead atoms. The van der Waals surface area contributed by atoms with Crippen LogP contribution < -0.4 is 10.6 Å². The van der Waals surface area contributed by atoms with Crippen LogP contribution in [0.15, 0.2) is 21.8 Å². The molecule has 25 heavy (non-hydrogen) atoms. The zero-order chi connectivity index (χ0) is 17.4. The highest BCUT2D eigenvalue weighted by Gasteiger charge is 2.23. The van der Waals surface area contributed by atoms with Crippen LogP contribution in [0.4, 0.5) is 4.79 Å². The number of ether oxygens (including phenoxy) is 1. The molecule has 2 rings (SSSR count). The highest BCUT2D eigenvalue weighted by molar-refractivity contribution is 14.0. The second-order valence-corrected chi connectivity index (χ2v) is 6.83. The van der Waals surface area contributed by atoms with Gasteiger partial charge in [-0.15, -0.1) is 24.0 Å². The fourth-order valence-electron chi connectivity index (χ4n) is 2.74. The van der Waals surface area contributed by atoms with Gasteiger partial charge in [0.05, 0.1) is 7.11 Å². The lowest BCUT2D eigenvalue weighted by Gasteiger charge is -2.32. The summed E-state index contributed by atoms with van der Waals surface area (Å²) in [6.07, 6.45) is 1.57. The molecule has 1 amide bonds. The van der Waals surface area contributed by atoms with Crippen molar-refractivity contribution in [3.05, 3.63) is 22.4 Å². The number of carbonyl (C=O) groups is 1. The van der Waals surface area contributed by atoms with E-state index in [-0.39, 0.29) is 30.1 Å². The fourth-order valence-corrected chi connectivity index (χ4v) is 3.52. The number of methoxy groups -OCH3 is 1. The first-order chi connectivity index (χ1) is 11.6. The van der Waals surface area contributed by atoms with E-state index in [2.05, 4.69) is 41.3 Å². The molecule has 1 atom stereocenters. The summed E-state index contributed by atoms with van der Waals surface area (Å²) < 4.78 is 4.78. The highest BCUT2D eigenvalue weighted by atomic mass is 127. The molecule has 0 aliphatic carbocycles. The smallest absolute Gasteiger partial charge is 0.409 e. The Labute approximate surface area is 171 Å². The van der Waals surface area contributed by atoms with Crippen LogP contribution in [-0.2, 0) is 4.74 Å². The molecule has 1 unspecified atom stereocenters. The summed E-state index contributed by atoms with van der Waals surface area (Å²) >= 11 is 1.72. The Balaban J connectivity index is 0.00000312. The van der Waals surface area contributed by atoms with Crippen LogP contribution in [0.5, 0.6) is 0 Å². The molecule has 0 saturated carbocycles. The molecule has 1 aliphatic heterocycles. The summed E-state index contributed by atoms with van der Waals surface area (Å²) in [4.78, 5) is 18.0. The zero-order valence-corrected chi connectivity index (χ0v) is 18.3.